The highest BCUT2D eigenvalue weighted by Crippen LogP contribution is 2.31. The van der Waals surface area contributed by atoms with Crippen LogP contribution in [0.5, 0.6) is 5.88 Å². The fourth-order valence-electron chi connectivity index (χ4n) is 3.26. The molecule has 3 heterocycles. The molecular weight excluding hydrogens is 406 g/mol. The number of hydrogen-bond acceptors (Lipinski definition) is 8. The molecule has 0 fully saturated rings. The third kappa shape index (κ3) is 3.64. The molecule has 1 aromatic carbocycles. The van der Waals surface area contributed by atoms with Crippen LogP contribution in [0.2, 0.25) is 0 Å². The summed E-state index contributed by atoms with van der Waals surface area (Å²) in [6.07, 6.45) is 2.11. The number of nitrogens with two attached hydrogens (primary N) is 1. The number of thiophene rings is 1. The summed E-state index contributed by atoms with van der Waals surface area (Å²) < 4.78 is 10.1. The molecule has 0 radical (unpaired) electrons. The van der Waals surface area contributed by atoms with Crippen LogP contribution in [-0.4, -0.2) is 47.1 Å². The zero-order valence-electron chi connectivity index (χ0n) is 16.3. The monoisotopic (exact) mass is 425 g/mol. The van der Waals surface area contributed by atoms with Crippen LogP contribution < -0.4 is 15.8 Å². The van der Waals surface area contributed by atoms with Crippen LogP contribution in [0.25, 0.3) is 21.1 Å². The summed E-state index contributed by atoms with van der Waals surface area (Å²) >= 11 is 1.14. The van der Waals surface area contributed by atoms with Crippen molar-refractivity contribution in [1.29, 1.82) is 0 Å². The first-order valence-corrected chi connectivity index (χ1v) is 9.86. The molecule has 3 aromatic heterocycles. The van der Waals surface area contributed by atoms with Crippen LogP contribution in [0.4, 0.5) is 5.95 Å². The molecule has 1 atom stereocenters. The summed E-state index contributed by atoms with van der Waals surface area (Å²) in [7, 11) is 2.76. The predicted molar refractivity (Wildman–Crippen MR) is 114 cm³/mol. The molecule has 0 spiro atoms. The van der Waals surface area contributed by atoms with Crippen molar-refractivity contribution >= 4 is 50.3 Å². The van der Waals surface area contributed by atoms with Gasteiger partial charge < -0.3 is 25.5 Å². The maximum absolute atomic E-state index is 12.9. The number of carbonyl (C=O) groups is 2. The molecule has 154 valence electrons. The fourth-order valence-corrected chi connectivity index (χ4v) is 4.20. The first kappa shape index (κ1) is 19.6. The molecule has 0 saturated heterocycles. The third-order valence-corrected chi connectivity index (χ3v) is 5.71. The van der Waals surface area contributed by atoms with E-state index in [4.69, 9.17) is 15.2 Å². The molecule has 0 aliphatic rings. The summed E-state index contributed by atoms with van der Waals surface area (Å²) in [5, 5.41) is 4.32. The highest BCUT2D eigenvalue weighted by molar-refractivity contribution is 7.20. The Labute approximate surface area is 175 Å². The summed E-state index contributed by atoms with van der Waals surface area (Å²) in [5.41, 5.74) is 7.54. The number of aromatic amines is 1. The van der Waals surface area contributed by atoms with Gasteiger partial charge in [-0.3, -0.25) is 4.79 Å². The number of aromatic nitrogens is 3. The van der Waals surface area contributed by atoms with Gasteiger partial charge in [-0.25, -0.2) is 9.78 Å². The van der Waals surface area contributed by atoms with E-state index in [1.165, 1.54) is 14.2 Å². The number of amides is 1. The number of para-hydroxylation sites is 1. The molecular formula is C20H19N5O4S. The zero-order valence-corrected chi connectivity index (χ0v) is 17.1. The molecule has 0 saturated carbocycles. The Bertz CT molecular complexity index is 1250. The van der Waals surface area contributed by atoms with Crippen molar-refractivity contribution in [3.63, 3.8) is 0 Å². The Balaban J connectivity index is 1.61. The summed E-state index contributed by atoms with van der Waals surface area (Å²) in [5.74, 6) is -0.610. The van der Waals surface area contributed by atoms with E-state index in [-0.39, 0.29) is 18.2 Å². The number of esters is 1. The van der Waals surface area contributed by atoms with E-state index in [0.717, 1.165) is 27.8 Å². The number of benzene rings is 1. The van der Waals surface area contributed by atoms with Crippen LogP contribution in [0, 0.1) is 0 Å². The number of rotatable bonds is 6. The summed E-state index contributed by atoms with van der Waals surface area (Å²) in [4.78, 5) is 37.4. The van der Waals surface area contributed by atoms with Gasteiger partial charge in [-0.1, -0.05) is 18.2 Å². The number of methoxy groups -OCH3 is 2. The van der Waals surface area contributed by atoms with Gasteiger partial charge >= 0.3 is 5.97 Å². The SMILES string of the molecule is COC(=O)[C@H](Cc1c[nH]c2ccccc12)NC(=O)c1cc2c(OC)nc(N)nc2s1. The number of nitrogen functional groups attached to an aromatic ring is 1. The first-order chi connectivity index (χ1) is 14.5. The second-order valence-corrected chi connectivity index (χ2v) is 7.56. The Kier molecular flexibility index (Phi) is 5.23. The van der Waals surface area contributed by atoms with E-state index in [0.29, 0.717) is 15.1 Å². The smallest absolute Gasteiger partial charge is 0.328 e. The summed E-state index contributed by atoms with van der Waals surface area (Å²) in [6, 6.07) is 8.51. The topological polar surface area (TPSA) is 132 Å². The van der Waals surface area contributed by atoms with Gasteiger partial charge in [-0.2, -0.15) is 4.98 Å². The van der Waals surface area contributed by atoms with Crippen LogP contribution in [0.15, 0.2) is 36.5 Å². The molecule has 0 aliphatic carbocycles. The molecule has 30 heavy (non-hydrogen) atoms. The van der Waals surface area contributed by atoms with Crippen molar-refractivity contribution in [2.24, 2.45) is 0 Å². The molecule has 4 N–H and O–H groups in total. The van der Waals surface area contributed by atoms with Gasteiger partial charge in [0, 0.05) is 23.5 Å². The zero-order chi connectivity index (χ0) is 21.3. The van der Waals surface area contributed by atoms with Crippen molar-refractivity contribution in [3.8, 4) is 5.88 Å². The number of ether oxygens (including phenoxy) is 2. The Morgan fingerprint density at radius 1 is 1.23 bits per heavy atom. The average Bonchev–Trinajstić information content (AvgIpc) is 3.36. The lowest BCUT2D eigenvalue weighted by Gasteiger charge is -2.15. The van der Waals surface area contributed by atoms with Gasteiger partial charge in [-0.05, 0) is 17.7 Å². The summed E-state index contributed by atoms with van der Waals surface area (Å²) in [6.45, 7) is 0. The Morgan fingerprint density at radius 3 is 2.80 bits per heavy atom. The average molecular weight is 425 g/mol. The van der Waals surface area contributed by atoms with Crippen LogP contribution in [0.3, 0.4) is 0 Å². The van der Waals surface area contributed by atoms with E-state index in [9.17, 15) is 9.59 Å². The molecule has 0 bridgehead atoms. The number of anilines is 1. The molecule has 4 rings (SSSR count). The Hall–Kier alpha value is -3.66. The number of carbonyl (C=O) groups excluding carboxylic acids is 2. The van der Waals surface area contributed by atoms with Crippen LogP contribution in [-0.2, 0) is 16.0 Å². The van der Waals surface area contributed by atoms with Gasteiger partial charge in [0.15, 0.2) is 0 Å². The minimum atomic E-state index is -0.857. The largest absolute Gasteiger partial charge is 0.480 e. The second kappa shape index (κ2) is 7.99. The third-order valence-electron chi connectivity index (χ3n) is 4.68. The number of nitrogens with one attached hydrogen (secondary N) is 2. The first-order valence-electron chi connectivity index (χ1n) is 9.05. The van der Waals surface area contributed by atoms with Gasteiger partial charge in [0.1, 0.15) is 10.9 Å². The number of fused-ring (bicyclic) bond motifs is 2. The fraction of sp³-hybridized carbons (Fsp3) is 0.200. The van der Waals surface area contributed by atoms with E-state index in [2.05, 4.69) is 20.3 Å². The maximum atomic E-state index is 12.9. The predicted octanol–water partition coefficient (Wildman–Crippen LogP) is 2.28. The molecule has 0 aliphatic heterocycles. The van der Waals surface area contributed by atoms with E-state index < -0.39 is 17.9 Å². The highest BCUT2D eigenvalue weighted by atomic mass is 32.1. The van der Waals surface area contributed by atoms with Crippen LogP contribution in [0.1, 0.15) is 15.2 Å². The lowest BCUT2D eigenvalue weighted by molar-refractivity contribution is -0.142. The van der Waals surface area contributed by atoms with Gasteiger partial charge in [0.05, 0.1) is 24.5 Å². The molecule has 10 heteroatoms. The van der Waals surface area contributed by atoms with Crippen molar-refractivity contribution < 1.29 is 19.1 Å². The molecule has 4 aromatic rings. The van der Waals surface area contributed by atoms with E-state index >= 15 is 0 Å². The highest BCUT2D eigenvalue weighted by Gasteiger charge is 2.25. The standard InChI is InChI=1S/C20H19N5O4S/c1-28-17-12-8-15(30-18(12)25-20(21)24-17)16(26)23-14(19(27)29-2)7-10-9-22-13-6-4-3-5-11(10)13/h3-6,8-9,14,22H,7H2,1-2H3,(H,23,26)(H2,21,24,25)/t14-/m0/s1. The molecule has 0 unspecified atom stereocenters. The molecule has 9 nitrogen and oxygen atoms in total. The van der Waals surface area contributed by atoms with Crippen molar-refractivity contribution in [1.82, 2.24) is 20.3 Å². The van der Waals surface area contributed by atoms with Crippen molar-refractivity contribution in [3.05, 3.63) is 47.0 Å². The number of nitrogens with zero attached hydrogens (tertiary/aromatic N) is 2. The number of hydrogen-bond donors (Lipinski definition) is 3. The maximum Gasteiger partial charge on any atom is 0.328 e. The normalized spacial score (nSPS) is 12.1. The Morgan fingerprint density at radius 2 is 2.03 bits per heavy atom. The quantitative estimate of drug-likeness (QED) is 0.404. The minimum absolute atomic E-state index is 0.0555. The van der Waals surface area contributed by atoms with Crippen LogP contribution >= 0.6 is 11.3 Å². The van der Waals surface area contributed by atoms with Crippen molar-refractivity contribution in [2.75, 3.05) is 20.0 Å². The van der Waals surface area contributed by atoms with Gasteiger partial charge in [0.2, 0.25) is 11.8 Å². The van der Waals surface area contributed by atoms with Gasteiger partial charge in [-0.15, -0.1) is 11.3 Å². The van der Waals surface area contributed by atoms with Crippen molar-refractivity contribution in [2.45, 2.75) is 12.5 Å². The lowest BCUT2D eigenvalue weighted by atomic mass is 10.0. The number of H-pyrrole nitrogens is 1. The minimum Gasteiger partial charge on any atom is -0.480 e. The van der Waals surface area contributed by atoms with E-state index in [1.807, 2.05) is 30.5 Å². The molecule has 1 amide bonds. The van der Waals surface area contributed by atoms with Gasteiger partial charge in [0.25, 0.3) is 5.91 Å². The van der Waals surface area contributed by atoms with E-state index in [1.54, 1.807) is 6.07 Å². The lowest BCUT2D eigenvalue weighted by Crippen LogP contribution is -2.42. The second-order valence-electron chi connectivity index (χ2n) is 6.53.